The predicted octanol–water partition coefficient (Wildman–Crippen LogP) is 1.70. The summed E-state index contributed by atoms with van der Waals surface area (Å²) in [6, 6.07) is 11.9. The summed E-state index contributed by atoms with van der Waals surface area (Å²) in [5, 5.41) is 5.57. The minimum atomic E-state index is -1.66. The molecule has 0 heterocycles. The lowest BCUT2D eigenvalue weighted by atomic mass is 9.85. The normalized spacial score (nSPS) is 14.3. The molecule has 0 aliphatic rings. The second-order valence-electron chi connectivity index (χ2n) is 7.93. The van der Waals surface area contributed by atoms with Crippen LogP contribution in [0.4, 0.5) is 5.69 Å². The van der Waals surface area contributed by atoms with Crippen LogP contribution in [0.5, 0.6) is 0 Å². The number of carbonyl (C=O) groups excluding carboxylic acids is 3. The standard InChI is InChI=1S/C21H26ClN5O3/c1-20(2,3)17(25-18(29)13-9-10-16(23)15(22)11-13)19(30)26-21(12-28,27-24)14-7-5-4-6-8-14/h4-12,17,27H,23-24H2,1-3H3,(H,25,29)(H,26,30)/t17-,21?/m1/s1. The van der Waals surface area contributed by atoms with Crippen molar-refractivity contribution in [3.63, 3.8) is 0 Å². The lowest BCUT2D eigenvalue weighted by molar-refractivity contribution is -0.131. The van der Waals surface area contributed by atoms with Crippen LogP contribution >= 0.6 is 11.6 Å². The second kappa shape index (κ2) is 9.25. The zero-order valence-corrected chi connectivity index (χ0v) is 17.8. The molecule has 0 aromatic heterocycles. The van der Waals surface area contributed by atoms with Crippen molar-refractivity contribution >= 4 is 35.4 Å². The minimum Gasteiger partial charge on any atom is -0.398 e. The van der Waals surface area contributed by atoms with Gasteiger partial charge in [-0.2, -0.15) is 0 Å². The van der Waals surface area contributed by atoms with E-state index >= 15 is 0 Å². The summed E-state index contributed by atoms with van der Waals surface area (Å²) in [5.74, 6) is 4.52. The number of hydrogen-bond acceptors (Lipinski definition) is 6. The Labute approximate surface area is 180 Å². The molecule has 7 N–H and O–H groups in total. The molecule has 2 rings (SSSR count). The number of nitrogens with one attached hydrogen (secondary N) is 3. The molecule has 8 nitrogen and oxygen atoms in total. The number of hydrazine groups is 1. The number of hydrogen-bond donors (Lipinski definition) is 5. The highest BCUT2D eigenvalue weighted by molar-refractivity contribution is 6.33. The van der Waals surface area contributed by atoms with Gasteiger partial charge < -0.3 is 16.4 Å². The van der Waals surface area contributed by atoms with Gasteiger partial charge in [-0.3, -0.25) is 20.2 Å². The third-order valence-corrected chi connectivity index (χ3v) is 4.95. The van der Waals surface area contributed by atoms with E-state index in [9.17, 15) is 14.4 Å². The first kappa shape index (κ1) is 23.3. The second-order valence-corrected chi connectivity index (χ2v) is 8.34. The summed E-state index contributed by atoms with van der Waals surface area (Å²) in [7, 11) is 0. The van der Waals surface area contributed by atoms with E-state index in [-0.39, 0.29) is 10.6 Å². The van der Waals surface area contributed by atoms with Crippen LogP contribution in [0.2, 0.25) is 5.02 Å². The molecule has 2 aromatic rings. The highest BCUT2D eigenvalue weighted by Crippen LogP contribution is 2.24. The fraction of sp³-hybridized carbons (Fsp3) is 0.286. The maximum absolute atomic E-state index is 13.2. The van der Waals surface area contributed by atoms with Crippen molar-refractivity contribution in [3.8, 4) is 0 Å². The molecule has 0 aliphatic carbocycles. The van der Waals surface area contributed by atoms with Crippen LogP contribution < -0.4 is 27.6 Å². The lowest BCUT2D eigenvalue weighted by Gasteiger charge is -2.35. The Kier molecular flexibility index (Phi) is 7.20. The zero-order valence-electron chi connectivity index (χ0n) is 17.0. The maximum Gasteiger partial charge on any atom is 0.252 e. The van der Waals surface area contributed by atoms with Gasteiger partial charge in [-0.15, -0.1) is 0 Å². The first-order valence-electron chi connectivity index (χ1n) is 9.21. The molecule has 0 radical (unpaired) electrons. The fourth-order valence-corrected chi connectivity index (χ4v) is 3.03. The molecule has 160 valence electrons. The molecule has 0 fully saturated rings. The largest absolute Gasteiger partial charge is 0.398 e. The van der Waals surface area contributed by atoms with E-state index in [4.69, 9.17) is 23.2 Å². The van der Waals surface area contributed by atoms with Gasteiger partial charge in [0, 0.05) is 11.1 Å². The molecular formula is C21H26ClN5O3. The summed E-state index contributed by atoms with van der Waals surface area (Å²) in [6.45, 7) is 5.36. The van der Waals surface area contributed by atoms with Crippen molar-refractivity contribution in [1.29, 1.82) is 0 Å². The topological polar surface area (TPSA) is 139 Å². The van der Waals surface area contributed by atoms with Gasteiger partial charge in [-0.1, -0.05) is 62.7 Å². The van der Waals surface area contributed by atoms with Crippen LogP contribution in [0.1, 0.15) is 36.7 Å². The van der Waals surface area contributed by atoms with Gasteiger partial charge in [0.25, 0.3) is 5.91 Å². The van der Waals surface area contributed by atoms with Crippen LogP contribution in [0.25, 0.3) is 0 Å². The van der Waals surface area contributed by atoms with Gasteiger partial charge in [-0.25, -0.2) is 5.43 Å². The number of carbonyl (C=O) groups is 3. The Morgan fingerprint density at radius 1 is 1.10 bits per heavy atom. The van der Waals surface area contributed by atoms with E-state index < -0.39 is 28.9 Å². The van der Waals surface area contributed by atoms with Gasteiger partial charge in [0.2, 0.25) is 5.91 Å². The van der Waals surface area contributed by atoms with Crippen molar-refractivity contribution in [2.24, 2.45) is 11.3 Å². The minimum absolute atomic E-state index is 0.232. The van der Waals surface area contributed by atoms with E-state index in [2.05, 4.69) is 16.1 Å². The summed E-state index contributed by atoms with van der Waals surface area (Å²) < 4.78 is 0. The first-order chi connectivity index (χ1) is 14.0. The summed E-state index contributed by atoms with van der Waals surface area (Å²) in [5.41, 5.74) is 6.75. The van der Waals surface area contributed by atoms with Crippen LogP contribution in [0.3, 0.4) is 0 Å². The molecule has 0 saturated heterocycles. The number of halogens is 1. The van der Waals surface area contributed by atoms with Crippen molar-refractivity contribution in [2.45, 2.75) is 32.5 Å². The molecule has 0 saturated carbocycles. The van der Waals surface area contributed by atoms with Crippen LogP contribution in [-0.2, 0) is 15.3 Å². The van der Waals surface area contributed by atoms with Crippen molar-refractivity contribution in [1.82, 2.24) is 16.1 Å². The lowest BCUT2D eigenvalue weighted by Crippen LogP contribution is -2.64. The Balaban J connectivity index is 2.32. The smallest absolute Gasteiger partial charge is 0.252 e. The van der Waals surface area contributed by atoms with Crippen molar-refractivity contribution in [3.05, 3.63) is 64.7 Å². The summed E-state index contributed by atoms with van der Waals surface area (Å²) in [4.78, 5) is 37.8. The predicted molar refractivity (Wildman–Crippen MR) is 116 cm³/mol. The molecular weight excluding hydrogens is 406 g/mol. The van der Waals surface area contributed by atoms with E-state index in [1.165, 1.54) is 18.2 Å². The highest BCUT2D eigenvalue weighted by atomic mass is 35.5. The van der Waals surface area contributed by atoms with E-state index in [1.54, 1.807) is 51.1 Å². The molecule has 0 spiro atoms. The molecule has 30 heavy (non-hydrogen) atoms. The average molecular weight is 432 g/mol. The number of rotatable bonds is 7. The maximum atomic E-state index is 13.2. The average Bonchev–Trinajstić information content (AvgIpc) is 2.71. The number of anilines is 1. The summed E-state index contributed by atoms with van der Waals surface area (Å²) >= 11 is 5.99. The molecule has 1 unspecified atom stereocenters. The number of aldehydes is 1. The number of nitrogen functional groups attached to an aromatic ring is 1. The third-order valence-electron chi connectivity index (χ3n) is 4.62. The van der Waals surface area contributed by atoms with Crippen LogP contribution in [0.15, 0.2) is 48.5 Å². The fourth-order valence-electron chi connectivity index (χ4n) is 2.85. The Hall–Kier alpha value is -2.94. The van der Waals surface area contributed by atoms with E-state index in [0.29, 0.717) is 17.5 Å². The van der Waals surface area contributed by atoms with Gasteiger partial charge in [0.1, 0.15) is 6.04 Å². The Morgan fingerprint density at radius 2 is 1.73 bits per heavy atom. The first-order valence-corrected chi connectivity index (χ1v) is 9.59. The summed E-state index contributed by atoms with van der Waals surface area (Å²) in [6.07, 6.45) is 0.502. The molecule has 2 atom stereocenters. The van der Waals surface area contributed by atoms with Crippen molar-refractivity contribution in [2.75, 3.05) is 5.73 Å². The molecule has 0 bridgehead atoms. The number of benzene rings is 2. The Morgan fingerprint density at radius 3 is 2.23 bits per heavy atom. The molecule has 0 aliphatic heterocycles. The highest BCUT2D eigenvalue weighted by Gasteiger charge is 2.39. The van der Waals surface area contributed by atoms with Gasteiger partial charge in [-0.05, 0) is 23.6 Å². The molecule has 2 amide bonds. The third kappa shape index (κ3) is 5.15. The van der Waals surface area contributed by atoms with Gasteiger partial charge in [0.15, 0.2) is 11.9 Å². The van der Waals surface area contributed by atoms with Crippen molar-refractivity contribution < 1.29 is 14.4 Å². The van der Waals surface area contributed by atoms with Gasteiger partial charge >= 0.3 is 0 Å². The van der Waals surface area contributed by atoms with Crippen LogP contribution in [-0.4, -0.2) is 24.1 Å². The number of amides is 2. The number of nitrogens with two attached hydrogens (primary N) is 2. The van der Waals surface area contributed by atoms with Crippen LogP contribution in [0, 0.1) is 5.41 Å². The SMILES string of the molecule is CC(C)(C)[C@H](NC(=O)c1ccc(N)c(Cl)c1)C(=O)NC(C=O)(NN)c1ccccc1. The van der Waals surface area contributed by atoms with E-state index in [0.717, 1.165) is 0 Å². The molecule has 2 aromatic carbocycles. The molecule has 9 heteroatoms. The monoisotopic (exact) mass is 431 g/mol. The zero-order chi connectivity index (χ0) is 22.5. The quantitative estimate of drug-likeness (QED) is 0.149. The van der Waals surface area contributed by atoms with E-state index in [1.807, 2.05) is 0 Å². The Bertz CT molecular complexity index is 930. The van der Waals surface area contributed by atoms with Gasteiger partial charge in [0.05, 0.1) is 10.7 Å².